The average molecular weight is 267 g/mol. The fourth-order valence-corrected chi connectivity index (χ4v) is 2.51. The summed E-state index contributed by atoms with van der Waals surface area (Å²) in [6.07, 6.45) is 4.71. The van der Waals surface area contributed by atoms with Crippen molar-refractivity contribution < 1.29 is 9.53 Å². The molecule has 1 aliphatic rings. The standard InChI is InChI=1S/C15H19ClO2/c1-11(18-10-12-4-2-3-5-12)15(17)13-6-8-14(16)9-7-13/h6-9,11-12H,2-5,10H2,1H3. The molecule has 1 unspecified atom stereocenters. The van der Waals surface area contributed by atoms with Crippen LogP contribution in [0.4, 0.5) is 0 Å². The third kappa shape index (κ3) is 3.56. The van der Waals surface area contributed by atoms with Crippen molar-refractivity contribution in [2.45, 2.75) is 38.7 Å². The minimum absolute atomic E-state index is 0.0321. The molecule has 1 aromatic carbocycles. The van der Waals surface area contributed by atoms with Crippen molar-refractivity contribution in [2.24, 2.45) is 5.92 Å². The van der Waals surface area contributed by atoms with Gasteiger partial charge in [-0.25, -0.2) is 0 Å². The van der Waals surface area contributed by atoms with Crippen molar-refractivity contribution in [1.82, 2.24) is 0 Å². The van der Waals surface area contributed by atoms with E-state index in [4.69, 9.17) is 16.3 Å². The molecule has 98 valence electrons. The van der Waals surface area contributed by atoms with Crippen LogP contribution in [-0.4, -0.2) is 18.5 Å². The molecule has 0 radical (unpaired) electrons. The Hall–Kier alpha value is -0.860. The number of Topliss-reactive ketones (excluding diaryl/α,β-unsaturated/α-hetero) is 1. The molecule has 0 amide bonds. The molecule has 2 nitrogen and oxygen atoms in total. The minimum atomic E-state index is -0.369. The van der Waals surface area contributed by atoms with Crippen LogP contribution in [0, 0.1) is 5.92 Å². The summed E-state index contributed by atoms with van der Waals surface area (Å²) < 4.78 is 5.69. The first kappa shape index (κ1) is 13.6. The van der Waals surface area contributed by atoms with E-state index in [1.807, 2.05) is 6.92 Å². The number of ketones is 1. The molecule has 0 saturated heterocycles. The van der Waals surface area contributed by atoms with E-state index < -0.39 is 0 Å². The molecule has 1 aromatic rings. The number of carbonyl (C=O) groups excluding carboxylic acids is 1. The zero-order valence-electron chi connectivity index (χ0n) is 10.7. The van der Waals surface area contributed by atoms with Gasteiger partial charge >= 0.3 is 0 Å². The minimum Gasteiger partial charge on any atom is -0.370 e. The van der Waals surface area contributed by atoms with E-state index in [1.165, 1.54) is 25.7 Å². The van der Waals surface area contributed by atoms with Crippen molar-refractivity contribution in [2.75, 3.05) is 6.61 Å². The van der Waals surface area contributed by atoms with Gasteiger partial charge in [-0.15, -0.1) is 0 Å². The Balaban J connectivity index is 1.85. The molecular weight excluding hydrogens is 248 g/mol. The Kier molecular flexibility index (Phi) is 4.79. The number of rotatable bonds is 5. The van der Waals surface area contributed by atoms with Gasteiger partial charge in [0.2, 0.25) is 0 Å². The fourth-order valence-electron chi connectivity index (χ4n) is 2.38. The summed E-state index contributed by atoms with van der Waals surface area (Å²) in [7, 11) is 0. The second-order valence-corrected chi connectivity index (χ2v) is 5.43. The third-order valence-electron chi connectivity index (χ3n) is 3.55. The third-order valence-corrected chi connectivity index (χ3v) is 3.81. The number of halogens is 1. The molecule has 1 fully saturated rings. The molecule has 1 saturated carbocycles. The van der Waals surface area contributed by atoms with Crippen LogP contribution >= 0.6 is 11.6 Å². The van der Waals surface area contributed by atoms with Crippen LogP contribution in [0.1, 0.15) is 43.0 Å². The predicted molar refractivity (Wildman–Crippen MR) is 73.2 cm³/mol. The Morgan fingerprint density at radius 2 is 1.94 bits per heavy atom. The van der Waals surface area contributed by atoms with Gasteiger partial charge in [0.15, 0.2) is 5.78 Å². The highest BCUT2D eigenvalue weighted by molar-refractivity contribution is 6.30. The van der Waals surface area contributed by atoms with E-state index in [0.29, 0.717) is 23.1 Å². The zero-order chi connectivity index (χ0) is 13.0. The molecule has 0 spiro atoms. The van der Waals surface area contributed by atoms with Gasteiger partial charge in [-0.2, -0.15) is 0 Å². The van der Waals surface area contributed by atoms with E-state index in [2.05, 4.69) is 0 Å². The predicted octanol–water partition coefficient (Wildman–Crippen LogP) is 4.12. The highest BCUT2D eigenvalue weighted by Crippen LogP contribution is 2.25. The zero-order valence-corrected chi connectivity index (χ0v) is 11.5. The number of carbonyl (C=O) groups is 1. The molecular formula is C15H19ClO2. The van der Waals surface area contributed by atoms with Gasteiger partial charge < -0.3 is 4.74 Å². The number of hydrogen-bond donors (Lipinski definition) is 0. The van der Waals surface area contributed by atoms with Crippen molar-refractivity contribution in [3.8, 4) is 0 Å². The quantitative estimate of drug-likeness (QED) is 0.750. The molecule has 3 heteroatoms. The Morgan fingerprint density at radius 3 is 2.56 bits per heavy atom. The fraction of sp³-hybridized carbons (Fsp3) is 0.533. The van der Waals surface area contributed by atoms with Crippen molar-refractivity contribution >= 4 is 17.4 Å². The number of benzene rings is 1. The van der Waals surface area contributed by atoms with Crippen LogP contribution in [0.3, 0.4) is 0 Å². The van der Waals surface area contributed by atoms with Crippen LogP contribution < -0.4 is 0 Å². The van der Waals surface area contributed by atoms with E-state index in [9.17, 15) is 4.79 Å². The van der Waals surface area contributed by atoms with Gasteiger partial charge in [0.1, 0.15) is 6.10 Å². The lowest BCUT2D eigenvalue weighted by atomic mass is 10.1. The Bertz CT molecular complexity index is 393. The van der Waals surface area contributed by atoms with Gasteiger partial charge in [0, 0.05) is 10.6 Å². The molecule has 0 aromatic heterocycles. The van der Waals surface area contributed by atoms with Crippen molar-refractivity contribution in [3.05, 3.63) is 34.9 Å². The van der Waals surface area contributed by atoms with Gasteiger partial charge in [0.25, 0.3) is 0 Å². The van der Waals surface area contributed by atoms with E-state index in [0.717, 1.165) is 0 Å². The first-order chi connectivity index (χ1) is 8.66. The van der Waals surface area contributed by atoms with Gasteiger partial charge in [-0.1, -0.05) is 24.4 Å². The normalized spacial score (nSPS) is 17.9. The van der Waals surface area contributed by atoms with Crippen molar-refractivity contribution in [3.63, 3.8) is 0 Å². The van der Waals surface area contributed by atoms with Crippen LogP contribution in [0.2, 0.25) is 5.02 Å². The summed E-state index contributed by atoms with van der Waals surface area (Å²) >= 11 is 5.80. The summed E-state index contributed by atoms with van der Waals surface area (Å²) in [5.41, 5.74) is 0.665. The lowest BCUT2D eigenvalue weighted by Crippen LogP contribution is -2.23. The van der Waals surface area contributed by atoms with E-state index in [1.54, 1.807) is 24.3 Å². The van der Waals surface area contributed by atoms with Gasteiger partial charge in [0.05, 0.1) is 6.61 Å². The summed E-state index contributed by atoms with van der Waals surface area (Å²) in [5, 5.41) is 0.645. The largest absolute Gasteiger partial charge is 0.370 e. The maximum absolute atomic E-state index is 12.1. The second kappa shape index (κ2) is 6.35. The summed E-state index contributed by atoms with van der Waals surface area (Å²) in [4.78, 5) is 12.1. The topological polar surface area (TPSA) is 26.3 Å². The highest BCUT2D eigenvalue weighted by Gasteiger charge is 2.20. The first-order valence-electron chi connectivity index (χ1n) is 6.58. The van der Waals surface area contributed by atoms with Gasteiger partial charge in [-0.05, 0) is 49.9 Å². The maximum Gasteiger partial charge on any atom is 0.191 e. The lowest BCUT2D eigenvalue weighted by molar-refractivity contribution is 0.0351. The maximum atomic E-state index is 12.1. The number of ether oxygens (including phenoxy) is 1. The molecule has 2 rings (SSSR count). The highest BCUT2D eigenvalue weighted by atomic mass is 35.5. The monoisotopic (exact) mass is 266 g/mol. The average Bonchev–Trinajstić information content (AvgIpc) is 2.89. The van der Waals surface area contributed by atoms with Crippen LogP contribution in [0.5, 0.6) is 0 Å². The molecule has 0 bridgehead atoms. The second-order valence-electron chi connectivity index (χ2n) is 5.00. The van der Waals surface area contributed by atoms with Crippen LogP contribution in [-0.2, 0) is 4.74 Å². The SMILES string of the molecule is CC(OCC1CCCC1)C(=O)c1ccc(Cl)cc1. The molecule has 0 N–H and O–H groups in total. The van der Waals surface area contributed by atoms with Gasteiger partial charge in [-0.3, -0.25) is 4.79 Å². The first-order valence-corrected chi connectivity index (χ1v) is 6.96. The van der Waals surface area contributed by atoms with Crippen LogP contribution in [0.25, 0.3) is 0 Å². The molecule has 0 heterocycles. The van der Waals surface area contributed by atoms with E-state index >= 15 is 0 Å². The van der Waals surface area contributed by atoms with Crippen LogP contribution in [0.15, 0.2) is 24.3 Å². The number of hydrogen-bond acceptors (Lipinski definition) is 2. The Morgan fingerprint density at radius 1 is 1.33 bits per heavy atom. The van der Waals surface area contributed by atoms with Crippen molar-refractivity contribution in [1.29, 1.82) is 0 Å². The molecule has 1 atom stereocenters. The van der Waals surface area contributed by atoms with E-state index in [-0.39, 0.29) is 11.9 Å². The smallest absolute Gasteiger partial charge is 0.191 e. The molecule has 1 aliphatic carbocycles. The summed E-state index contributed by atoms with van der Waals surface area (Å²) in [6, 6.07) is 6.97. The molecule has 18 heavy (non-hydrogen) atoms. The summed E-state index contributed by atoms with van der Waals surface area (Å²) in [6.45, 7) is 2.53. The lowest BCUT2D eigenvalue weighted by Gasteiger charge is -2.15. The summed E-state index contributed by atoms with van der Waals surface area (Å²) in [5.74, 6) is 0.676. The molecule has 0 aliphatic heterocycles. The Labute approximate surface area is 113 Å².